The van der Waals surface area contributed by atoms with Crippen molar-refractivity contribution >= 4 is 46.5 Å². The molecule has 0 saturated carbocycles. The number of H-pyrrole nitrogens is 1. The van der Waals surface area contributed by atoms with Gasteiger partial charge in [-0.2, -0.15) is 0 Å². The first-order valence-corrected chi connectivity index (χ1v) is 12.4. The molecular formula is C28H27ClN4O3. The Labute approximate surface area is 214 Å². The Morgan fingerprint density at radius 1 is 1.14 bits per heavy atom. The number of nitrogens with one attached hydrogen (secondary N) is 3. The number of aromatic nitrogens is 1. The van der Waals surface area contributed by atoms with Crippen molar-refractivity contribution in [2.45, 2.75) is 19.8 Å². The molecule has 2 amide bonds. The lowest BCUT2D eigenvalue weighted by Crippen LogP contribution is -2.36. The van der Waals surface area contributed by atoms with Gasteiger partial charge in [0.25, 0.3) is 11.8 Å². The number of nitrogens with zero attached hydrogens (tertiary/aromatic N) is 1. The van der Waals surface area contributed by atoms with E-state index in [1.807, 2.05) is 49.4 Å². The first-order valence-electron chi connectivity index (χ1n) is 12.0. The van der Waals surface area contributed by atoms with Gasteiger partial charge in [0.05, 0.1) is 24.2 Å². The van der Waals surface area contributed by atoms with Crippen LogP contribution >= 0.6 is 11.6 Å². The SMILES string of the molecule is Cc1c(C(=O)NCC(=O)CN2CCCC2)c[nH]c1/C=C1\C(=O)Nc2cccc(-c3cccc(Cl)c3)c21. The standard InChI is InChI=1S/C28H27ClN4O3/c1-17-23(27(35)31-14-20(34)16-33-10-2-3-11-33)15-30-25(17)13-22-26-21(18-6-4-7-19(29)12-18)8-5-9-24(26)32-28(22)36/h4-9,12-13,15,30H,2-3,10-11,14,16H2,1H3,(H,31,35)(H,32,36)/b22-13-. The highest BCUT2D eigenvalue weighted by Gasteiger charge is 2.28. The molecular weight excluding hydrogens is 476 g/mol. The van der Waals surface area contributed by atoms with Crippen LogP contribution in [0.5, 0.6) is 0 Å². The number of aromatic amines is 1. The average molecular weight is 503 g/mol. The second-order valence-corrected chi connectivity index (χ2v) is 9.63. The van der Waals surface area contributed by atoms with Gasteiger partial charge < -0.3 is 15.6 Å². The lowest BCUT2D eigenvalue weighted by Gasteiger charge is -2.13. The number of fused-ring (bicyclic) bond motifs is 1. The van der Waals surface area contributed by atoms with Crippen molar-refractivity contribution in [1.29, 1.82) is 0 Å². The zero-order valence-electron chi connectivity index (χ0n) is 20.0. The van der Waals surface area contributed by atoms with E-state index in [-0.39, 0.29) is 24.1 Å². The van der Waals surface area contributed by atoms with Crippen LogP contribution in [-0.2, 0) is 9.59 Å². The molecule has 3 N–H and O–H groups in total. The first kappa shape index (κ1) is 24.0. The lowest BCUT2D eigenvalue weighted by atomic mass is 9.94. The molecule has 3 aromatic rings. The van der Waals surface area contributed by atoms with Gasteiger partial charge in [0.15, 0.2) is 5.78 Å². The van der Waals surface area contributed by atoms with Gasteiger partial charge in [-0.25, -0.2) is 0 Å². The minimum atomic E-state index is -0.320. The molecule has 0 atom stereocenters. The summed E-state index contributed by atoms with van der Waals surface area (Å²) in [5.74, 6) is -0.542. The highest BCUT2D eigenvalue weighted by molar-refractivity contribution is 6.36. The summed E-state index contributed by atoms with van der Waals surface area (Å²) < 4.78 is 0. The number of carbonyl (C=O) groups is 3. The molecule has 0 unspecified atom stereocenters. The predicted octanol–water partition coefficient (Wildman–Crippen LogP) is 4.53. The molecule has 0 radical (unpaired) electrons. The van der Waals surface area contributed by atoms with Crippen LogP contribution in [0.1, 0.15) is 40.0 Å². The average Bonchev–Trinajstić information content (AvgIpc) is 3.58. The molecule has 2 aromatic carbocycles. The number of amides is 2. The van der Waals surface area contributed by atoms with Crippen LogP contribution in [0.2, 0.25) is 5.02 Å². The monoisotopic (exact) mass is 502 g/mol. The summed E-state index contributed by atoms with van der Waals surface area (Å²) in [7, 11) is 0. The smallest absolute Gasteiger partial charge is 0.256 e. The van der Waals surface area contributed by atoms with E-state index in [1.165, 1.54) is 0 Å². The van der Waals surface area contributed by atoms with Crippen LogP contribution < -0.4 is 10.6 Å². The minimum absolute atomic E-state index is 0.00481. The van der Waals surface area contributed by atoms with E-state index in [4.69, 9.17) is 11.6 Å². The molecule has 184 valence electrons. The maximum Gasteiger partial charge on any atom is 0.256 e. The number of anilines is 1. The van der Waals surface area contributed by atoms with Crippen LogP contribution in [0.25, 0.3) is 22.8 Å². The van der Waals surface area contributed by atoms with Crippen molar-refractivity contribution in [3.05, 3.63) is 76.1 Å². The van der Waals surface area contributed by atoms with Gasteiger partial charge in [0.2, 0.25) is 0 Å². The number of benzene rings is 2. The van der Waals surface area contributed by atoms with E-state index in [1.54, 1.807) is 12.3 Å². The maximum atomic E-state index is 12.9. The quantitative estimate of drug-likeness (QED) is 0.414. The van der Waals surface area contributed by atoms with Crippen molar-refractivity contribution in [1.82, 2.24) is 15.2 Å². The van der Waals surface area contributed by atoms with E-state index in [0.717, 1.165) is 48.3 Å². The molecule has 5 rings (SSSR count). The Bertz CT molecular complexity index is 1390. The van der Waals surface area contributed by atoms with E-state index in [9.17, 15) is 14.4 Å². The van der Waals surface area contributed by atoms with Crippen LogP contribution in [0.4, 0.5) is 5.69 Å². The second-order valence-electron chi connectivity index (χ2n) is 9.20. The summed E-state index contributed by atoms with van der Waals surface area (Å²) in [6.45, 7) is 4.05. The number of carbonyl (C=O) groups excluding carboxylic acids is 3. The summed E-state index contributed by atoms with van der Waals surface area (Å²) in [4.78, 5) is 43.2. The number of hydrogen-bond acceptors (Lipinski definition) is 4. The Hall–Kier alpha value is -3.68. The summed E-state index contributed by atoms with van der Waals surface area (Å²) >= 11 is 6.22. The number of rotatable bonds is 7. The van der Waals surface area contributed by atoms with E-state index in [0.29, 0.717) is 34.0 Å². The number of likely N-dealkylation sites (tertiary alicyclic amines) is 1. The van der Waals surface area contributed by atoms with Gasteiger partial charge in [-0.1, -0.05) is 35.9 Å². The lowest BCUT2D eigenvalue weighted by molar-refractivity contribution is -0.119. The molecule has 1 fully saturated rings. The fourth-order valence-electron chi connectivity index (χ4n) is 4.85. The van der Waals surface area contributed by atoms with Gasteiger partial charge in [-0.15, -0.1) is 0 Å². The summed E-state index contributed by atoms with van der Waals surface area (Å²) in [5.41, 5.74) is 5.60. The topological polar surface area (TPSA) is 94.3 Å². The summed E-state index contributed by atoms with van der Waals surface area (Å²) in [6, 6.07) is 13.2. The Balaban J connectivity index is 1.38. The van der Waals surface area contributed by atoms with Crippen molar-refractivity contribution in [3.8, 4) is 11.1 Å². The van der Waals surface area contributed by atoms with Crippen molar-refractivity contribution in [2.24, 2.45) is 0 Å². The van der Waals surface area contributed by atoms with Gasteiger partial charge in [-0.05, 0) is 73.8 Å². The minimum Gasteiger partial charge on any atom is -0.361 e. The zero-order valence-corrected chi connectivity index (χ0v) is 20.7. The Kier molecular flexibility index (Phi) is 6.76. The third-order valence-electron chi connectivity index (χ3n) is 6.72. The van der Waals surface area contributed by atoms with E-state index >= 15 is 0 Å². The molecule has 0 aliphatic carbocycles. The third-order valence-corrected chi connectivity index (χ3v) is 6.96. The Morgan fingerprint density at radius 2 is 1.92 bits per heavy atom. The zero-order chi connectivity index (χ0) is 25.2. The fraction of sp³-hybridized carbons (Fsp3) is 0.250. The molecule has 36 heavy (non-hydrogen) atoms. The highest BCUT2D eigenvalue weighted by Crippen LogP contribution is 2.41. The largest absolute Gasteiger partial charge is 0.361 e. The van der Waals surface area contributed by atoms with Gasteiger partial charge in [-0.3, -0.25) is 19.3 Å². The molecule has 1 saturated heterocycles. The number of halogens is 1. The van der Waals surface area contributed by atoms with Crippen molar-refractivity contribution < 1.29 is 14.4 Å². The fourth-order valence-corrected chi connectivity index (χ4v) is 5.04. The van der Waals surface area contributed by atoms with Crippen molar-refractivity contribution in [3.63, 3.8) is 0 Å². The molecule has 8 heteroatoms. The van der Waals surface area contributed by atoms with Crippen molar-refractivity contribution in [2.75, 3.05) is 31.5 Å². The van der Waals surface area contributed by atoms with Gasteiger partial charge >= 0.3 is 0 Å². The number of Topliss-reactive ketones (excluding diaryl/α,β-unsaturated/α-hetero) is 1. The highest BCUT2D eigenvalue weighted by atomic mass is 35.5. The molecule has 3 heterocycles. The number of ketones is 1. The molecule has 1 aromatic heterocycles. The van der Waals surface area contributed by atoms with Gasteiger partial charge in [0, 0.05) is 28.2 Å². The van der Waals surface area contributed by atoms with Crippen LogP contribution in [0, 0.1) is 6.92 Å². The summed E-state index contributed by atoms with van der Waals surface area (Å²) in [6.07, 6.45) is 5.60. The van der Waals surface area contributed by atoms with Crippen LogP contribution in [0.3, 0.4) is 0 Å². The maximum absolute atomic E-state index is 12.9. The summed E-state index contributed by atoms with van der Waals surface area (Å²) in [5, 5.41) is 6.28. The molecule has 7 nitrogen and oxygen atoms in total. The normalized spacial score (nSPS) is 16.3. The Morgan fingerprint density at radius 3 is 2.69 bits per heavy atom. The third kappa shape index (κ3) is 4.85. The molecule has 0 spiro atoms. The van der Waals surface area contributed by atoms with E-state index < -0.39 is 0 Å². The molecule has 2 aliphatic heterocycles. The predicted molar refractivity (Wildman–Crippen MR) is 142 cm³/mol. The van der Waals surface area contributed by atoms with E-state index in [2.05, 4.69) is 20.5 Å². The second kappa shape index (κ2) is 10.1. The van der Waals surface area contributed by atoms with Crippen LogP contribution in [-0.4, -0.2) is 53.7 Å². The van der Waals surface area contributed by atoms with Gasteiger partial charge in [0.1, 0.15) is 0 Å². The first-order chi connectivity index (χ1) is 17.4. The van der Waals surface area contributed by atoms with Crippen LogP contribution in [0.15, 0.2) is 48.7 Å². The number of hydrogen-bond donors (Lipinski definition) is 3. The molecule has 0 bridgehead atoms. The molecule has 2 aliphatic rings.